The molecular formula is C14H21N3O2. The molecule has 5 nitrogen and oxygen atoms in total. The Morgan fingerprint density at radius 1 is 1.47 bits per heavy atom. The van der Waals surface area contributed by atoms with Crippen LogP contribution in [0.2, 0.25) is 0 Å². The molecule has 1 aromatic heterocycles. The van der Waals surface area contributed by atoms with E-state index in [1.54, 1.807) is 6.20 Å². The number of carbonyl (C=O) groups excluding carboxylic acids is 1. The highest BCUT2D eigenvalue weighted by Gasteiger charge is 2.15. The molecule has 0 saturated carbocycles. The standard InChI is InChI=1S/C14H21N3O2/c1-11-3-2-6-16-13(11)9-15-10-14(18)17-12-4-7-19-8-5-12/h2-3,6,12,15H,4-5,7-10H2,1H3,(H,17,18). The number of ether oxygens (including phenoxy) is 1. The van der Waals surface area contributed by atoms with Gasteiger partial charge in [0.2, 0.25) is 5.91 Å². The van der Waals surface area contributed by atoms with Gasteiger partial charge in [-0.25, -0.2) is 0 Å². The van der Waals surface area contributed by atoms with E-state index in [0.29, 0.717) is 13.1 Å². The summed E-state index contributed by atoms with van der Waals surface area (Å²) in [6.45, 7) is 4.45. The summed E-state index contributed by atoms with van der Waals surface area (Å²) in [5.74, 6) is 0.0421. The first-order valence-corrected chi connectivity index (χ1v) is 6.74. The Labute approximate surface area is 113 Å². The van der Waals surface area contributed by atoms with Crippen LogP contribution in [0.25, 0.3) is 0 Å². The highest BCUT2D eigenvalue weighted by atomic mass is 16.5. The van der Waals surface area contributed by atoms with Crippen LogP contribution in [-0.4, -0.2) is 36.7 Å². The summed E-state index contributed by atoms with van der Waals surface area (Å²) in [5, 5.41) is 6.14. The third kappa shape index (κ3) is 4.61. The van der Waals surface area contributed by atoms with Crippen LogP contribution in [0.5, 0.6) is 0 Å². The lowest BCUT2D eigenvalue weighted by Gasteiger charge is -2.23. The Bertz CT molecular complexity index is 417. The van der Waals surface area contributed by atoms with Gasteiger partial charge in [-0.1, -0.05) is 6.07 Å². The minimum atomic E-state index is 0.0421. The van der Waals surface area contributed by atoms with Crippen LogP contribution in [0.3, 0.4) is 0 Å². The lowest BCUT2D eigenvalue weighted by atomic mass is 10.1. The van der Waals surface area contributed by atoms with E-state index in [2.05, 4.69) is 15.6 Å². The third-order valence-electron chi connectivity index (χ3n) is 3.28. The second-order valence-electron chi connectivity index (χ2n) is 4.82. The fourth-order valence-electron chi connectivity index (χ4n) is 2.12. The van der Waals surface area contributed by atoms with E-state index in [1.807, 2.05) is 19.1 Å². The first kappa shape index (κ1) is 14.0. The fraction of sp³-hybridized carbons (Fsp3) is 0.571. The summed E-state index contributed by atoms with van der Waals surface area (Å²) in [4.78, 5) is 16.0. The predicted molar refractivity (Wildman–Crippen MR) is 72.7 cm³/mol. The molecule has 2 rings (SSSR count). The van der Waals surface area contributed by atoms with Crippen molar-refractivity contribution in [3.05, 3.63) is 29.6 Å². The van der Waals surface area contributed by atoms with E-state index in [4.69, 9.17) is 4.74 Å². The number of rotatable bonds is 5. The van der Waals surface area contributed by atoms with Gasteiger partial charge in [-0.05, 0) is 31.4 Å². The molecule has 0 aliphatic carbocycles. The SMILES string of the molecule is Cc1cccnc1CNCC(=O)NC1CCOCC1. The minimum Gasteiger partial charge on any atom is -0.381 e. The Balaban J connectivity index is 1.67. The van der Waals surface area contributed by atoms with Crippen LogP contribution in [0, 0.1) is 6.92 Å². The number of hydrogen-bond donors (Lipinski definition) is 2. The normalized spacial score (nSPS) is 16.3. The van der Waals surface area contributed by atoms with E-state index in [0.717, 1.165) is 37.3 Å². The summed E-state index contributed by atoms with van der Waals surface area (Å²) in [6, 6.07) is 4.20. The van der Waals surface area contributed by atoms with Gasteiger partial charge in [0.15, 0.2) is 0 Å². The number of nitrogens with zero attached hydrogens (tertiary/aromatic N) is 1. The Morgan fingerprint density at radius 2 is 2.26 bits per heavy atom. The van der Waals surface area contributed by atoms with Crippen molar-refractivity contribution in [2.75, 3.05) is 19.8 Å². The zero-order valence-electron chi connectivity index (χ0n) is 11.3. The van der Waals surface area contributed by atoms with Crippen molar-refractivity contribution in [3.63, 3.8) is 0 Å². The molecule has 1 aromatic rings. The second-order valence-corrected chi connectivity index (χ2v) is 4.82. The van der Waals surface area contributed by atoms with Crippen molar-refractivity contribution in [3.8, 4) is 0 Å². The van der Waals surface area contributed by atoms with Crippen molar-refractivity contribution < 1.29 is 9.53 Å². The Morgan fingerprint density at radius 3 is 3.00 bits per heavy atom. The van der Waals surface area contributed by atoms with Gasteiger partial charge in [0.1, 0.15) is 0 Å². The average molecular weight is 263 g/mol. The molecule has 5 heteroatoms. The van der Waals surface area contributed by atoms with Crippen molar-refractivity contribution in [2.24, 2.45) is 0 Å². The maximum absolute atomic E-state index is 11.8. The van der Waals surface area contributed by atoms with Gasteiger partial charge in [-0.2, -0.15) is 0 Å². The second kappa shape index (κ2) is 7.21. The zero-order valence-corrected chi connectivity index (χ0v) is 11.3. The third-order valence-corrected chi connectivity index (χ3v) is 3.28. The smallest absolute Gasteiger partial charge is 0.234 e. The molecule has 0 aromatic carbocycles. The summed E-state index contributed by atoms with van der Waals surface area (Å²) >= 11 is 0. The molecule has 0 spiro atoms. The van der Waals surface area contributed by atoms with Crippen LogP contribution >= 0.6 is 0 Å². The lowest BCUT2D eigenvalue weighted by molar-refractivity contribution is -0.121. The number of amides is 1. The number of aromatic nitrogens is 1. The molecule has 0 radical (unpaired) electrons. The Hall–Kier alpha value is -1.46. The highest BCUT2D eigenvalue weighted by Crippen LogP contribution is 2.05. The molecule has 0 atom stereocenters. The number of carbonyl (C=O) groups is 1. The maximum Gasteiger partial charge on any atom is 0.234 e. The molecule has 0 unspecified atom stereocenters. The first-order valence-electron chi connectivity index (χ1n) is 6.74. The van der Waals surface area contributed by atoms with Crippen molar-refractivity contribution in [1.82, 2.24) is 15.6 Å². The molecule has 104 valence electrons. The molecular weight excluding hydrogens is 242 g/mol. The van der Waals surface area contributed by atoms with E-state index < -0.39 is 0 Å². The molecule has 1 aliphatic rings. The topological polar surface area (TPSA) is 63.2 Å². The molecule has 1 fully saturated rings. The van der Waals surface area contributed by atoms with Crippen LogP contribution in [0.15, 0.2) is 18.3 Å². The van der Waals surface area contributed by atoms with Crippen molar-refractivity contribution in [2.45, 2.75) is 32.4 Å². The van der Waals surface area contributed by atoms with E-state index in [-0.39, 0.29) is 11.9 Å². The van der Waals surface area contributed by atoms with Gasteiger partial charge in [0.25, 0.3) is 0 Å². The molecule has 1 amide bonds. The molecule has 1 aliphatic heterocycles. The van der Waals surface area contributed by atoms with Crippen molar-refractivity contribution >= 4 is 5.91 Å². The zero-order chi connectivity index (χ0) is 13.5. The highest BCUT2D eigenvalue weighted by molar-refractivity contribution is 5.78. The minimum absolute atomic E-state index is 0.0421. The van der Waals surface area contributed by atoms with E-state index in [1.165, 1.54) is 0 Å². The van der Waals surface area contributed by atoms with Gasteiger partial charge in [-0.3, -0.25) is 9.78 Å². The van der Waals surface area contributed by atoms with Crippen molar-refractivity contribution in [1.29, 1.82) is 0 Å². The number of nitrogens with one attached hydrogen (secondary N) is 2. The van der Waals surface area contributed by atoms with Gasteiger partial charge in [0, 0.05) is 32.0 Å². The quantitative estimate of drug-likeness (QED) is 0.824. The summed E-state index contributed by atoms with van der Waals surface area (Å²) in [6.07, 6.45) is 3.59. The number of pyridine rings is 1. The largest absolute Gasteiger partial charge is 0.381 e. The van der Waals surface area contributed by atoms with Gasteiger partial charge < -0.3 is 15.4 Å². The predicted octanol–water partition coefficient (Wildman–Crippen LogP) is 0.775. The van der Waals surface area contributed by atoms with Crippen LogP contribution in [-0.2, 0) is 16.1 Å². The van der Waals surface area contributed by atoms with E-state index >= 15 is 0 Å². The first-order chi connectivity index (χ1) is 9.25. The van der Waals surface area contributed by atoms with Crippen LogP contribution in [0.1, 0.15) is 24.1 Å². The van der Waals surface area contributed by atoms with Gasteiger partial charge >= 0.3 is 0 Å². The molecule has 2 heterocycles. The fourth-order valence-corrected chi connectivity index (χ4v) is 2.12. The van der Waals surface area contributed by atoms with Gasteiger partial charge in [0.05, 0.1) is 12.2 Å². The molecule has 2 N–H and O–H groups in total. The summed E-state index contributed by atoms with van der Waals surface area (Å²) in [7, 11) is 0. The molecule has 0 bridgehead atoms. The van der Waals surface area contributed by atoms with Crippen LogP contribution in [0.4, 0.5) is 0 Å². The Kier molecular flexibility index (Phi) is 5.30. The molecule has 19 heavy (non-hydrogen) atoms. The summed E-state index contributed by atoms with van der Waals surface area (Å²) in [5.41, 5.74) is 2.13. The van der Waals surface area contributed by atoms with Gasteiger partial charge in [-0.15, -0.1) is 0 Å². The number of hydrogen-bond acceptors (Lipinski definition) is 4. The maximum atomic E-state index is 11.8. The number of aryl methyl sites for hydroxylation is 1. The molecule has 1 saturated heterocycles. The summed E-state index contributed by atoms with van der Waals surface area (Å²) < 4.78 is 5.26. The van der Waals surface area contributed by atoms with E-state index in [9.17, 15) is 4.79 Å². The van der Waals surface area contributed by atoms with Crippen LogP contribution < -0.4 is 10.6 Å². The lowest BCUT2D eigenvalue weighted by Crippen LogP contribution is -2.42. The monoisotopic (exact) mass is 263 g/mol. The average Bonchev–Trinajstić information content (AvgIpc) is 2.42.